The molecule has 1 amide bonds. The summed E-state index contributed by atoms with van der Waals surface area (Å²) in [5.41, 5.74) is 1.16. The second-order valence-corrected chi connectivity index (χ2v) is 7.71. The number of thiazole rings is 1. The molecule has 0 spiro atoms. The molecular formula is C23H20N2O5S. The monoisotopic (exact) mass is 436 g/mol. The number of ether oxygens (including phenoxy) is 3. The molecular weight excluding hydrogens is 416 g/mol. The summed E-state index contributed by atoms with van der Waals surface area (Å²) in [5, 5.41) is 2.00. The lowest BCUT2D eigenvalue weighted by atomic mass is 10.1. The van der Waals surface area contributed by atoms with Crippen molar-refractivity contribution in [3.05, 3.63) is 65.0 Å². The van der Waals surface area contributed by atoms with Crippen LogP contribution in [-0.4, -0.2) is 37.8 Å². The van der Waals surface area contributed by atoms with Crippen molar-refractivity contribution in [2.24, 2.45) is 4.99 Å². The number of hydrogen-bond acceptors (Lipinski definition) is 6. The molecule has 3 aromatic carbocycles. The maximum atomic E-state index is 12.9. The summed E-state index contributed by atoms with van der Waals surface area (Å²) in [7, 11) is 4.40. The fraction of sp³-hybridized carbons (Fsp3) is 0.174. The predicted octanol–water partition coefficient (Wildman–Crippen LogP) is 3.79. The SMILES string of the molecule is COC(=O)Cn1c(=NC(=O)c2ccc3ccccc3c2)sc2cc(OC)c(OC)cc21. The molecule has 0 atom stereocenters. The van der Waals surface area contributed by atoms with Gasteiger partial charge in [-0.05, 0) is 22.9 Å². The summed E-state index contributed by atoms with van der Waals surface area (Å²) in [4.78, 5) is 29.7. The van der Waals surface area contributed by atoms with Crippen LogP contribution in [0.4, 0.5) is 0 Å². The van der Waals surface area contributed by atoms with Crippen LogP contribution in [0.5, 0.6) is 11.5 Å². The van der Waals surface area contributed by atoms with Gasteiger partial charge in [0.15, 0.2) is 16.3 Å². The Balaban J connectivity index is 1.87. The van der Waals surface area contributed by atoms with Gasteiger partial charge in [-0.25, -0.2) is 0 Å². The number of esters is 1. The molecule has 7 nitrogen and oxygen atoms in total. The Morgan fingerprint density at radius 3 is 2.35 bits per heavy atom. The molecule has 31 heavy (non-hydrogen) atoms. The maximum Gasteiger partial charge on any atom is 0.325 e. The predicted molar refractivity (Wildman–Crippen MR) is 119 cm³/mol. The molecule has 1 aromatic heterocycles. The number of carbonyl (C=O) groups is 2. The number of fused-ring (bicyclic) bond motifs is 2. The lowest BCUT2D eigenvalue weighted by Crippen LogP contribution is -2.22. The molecule has 0 fully saturated rings. The van der Waals surface area contributed by atoms with Gasteiger partial charge in [-0.1, -0.05) is 41.7 Å². The topological polar surface area (TPSA) is 79.1 Å². The van der Waals surface area contributed by atoms with Gasteiger partial charge in [0.25, 0.3) is 5.91 Å². The molecule has 0 aliphatic rings. The highest BCUT2D eigenvalue weighted by molar-refractivity contribution is 7.16. The van der Waals surface area contributed by atoms with Gasteiger partial charge < -0.3 is 18.8 Å². The number of hydrogen-bond donors (Lipinski definition) is 0. The standard InChI is InChI=1S/C23H20N2O5S/c1-28-18-11-17-20(12-19(18)29-2)31-23(25(17)13-21(26)30-3)24-22(27)16-9-8-14-6-4-5-7-15(14)10-16/h4-12H,13H2,1-3H3. The van der Waals surface area contributed by atoms with Crippen LogP contribution < -0.4 is 14.3 Å². The van der Waals surface area contributed by atoms with Crippen molar-refractivity contribution in [3.8, 4) is 11.5 Å². The highest BCUT2D eigenvalue weighted by Gasteiger charge is 2.16. The van der Waals surface area contributed by atoms with Crippen molar-refractivity contribution in [2.75, 3.05) is 21.3 Å². The molecule has 8 heteroatoms. The molecule has 0 aliphatic heterocycles. The van der Waals surface area contributed by atoms with Crippen LogP contribution in [-0.2, 0) is 16.1 Å². The molecule has 0 bridgehead atoms. The van der Waals surface area contributed by atoms with Gasteiger partial charge in [-0.3, -0.25) is 9.59 Å². The van der Waals surface area contributed by atoms with E-state index in [1.54, 1.807) is 29.9 Å². The maximum absolute atomic E-state index is 12.9. The number of amides is 1. The minimum absolute atomic E-state index is 0.0875. The number of benzene rings is 3. The van der Waals surface area contributed by atoms with E-state index >= 15 is 0 Å². The first kappa shape index (κ1) is 20.6. The molecule has 0 saturated carbocycles. The molecule has 4 aromatic rings. The number of carbonyl (C=O) groups excluding carboxylic acids is 2. The zero-order valence-corrected chi connectivity index (χ0v) is 18.1. The number of aromatic nitrogens is 1. The Morgan fingerprint density at radius 2 is 1.65 bits per heavy atom. The van der Waals surface area contributed by atoms with Crippen LogP contribution in [0.2, 0.25) is 0 Å². The van der Waals surface area contributed by atoms with Gasteiger partial charge >= 0.3 is 5.97 Å². The molecule has 4 rings (SSSR count). The third-order valence-electron chi connectivity index (χ3n) is 4.90. The van der Waals surface area contributed by atoms with E-state index in [1.807, 2.05) is 36.4 Å². The van der Waals surface area contributed by atoms with Crippen molar-refractivity contribution >= 4 is 44.2 Å². The average Bonchev–Trinajstić information content (AvgIpc) is 3.12. The van der Waals surface area contributed by atoms with Crippen molar-refractivity contribution in [2.45, 2.75) is 6.54 Å². The largest absolute Gasteiger partial charge is 0.493 e. The molecule has 0 aliphatic carbocycles. The molecule has 158 valence electrons. The summed E-state index contributed by atoms with van der Waals surface area (Å²) in [6.45, 7) is -0.0875. The average molecular weight is 436 g/mol. The lowest BCUT2D eigenvalue weighted by molar-refractivity contribution is -0.141. The number of rotatable bonds is 5. The van der Waals surface area contributed by atoms with Gasteiger partial charge in [0.1, 0.15) is 6.54 Å². The lowest BCUT2D eigenvalue weighted by Gasteiger charge is -2.09. The third kappa shape index (κ3) is 4.02. The summed E-state index contributed by atoms with van der Waals surface area (Å²) >= 11 is 1.28. The van der Waals surface area contributed by atoms with Crippen LogP contribution in [0, 0.1) is 0 Å². The normalized spacial score (nSPS) is 11.6. The van der Waals surface area contributed by atoms with Crippen LogP contribution >= 0.6 is 11.3 Å². The Kier molecular flexibility index (Phi) is 5.73. The van der Waals surface area contributed by atoms with Crippen LogP contribution in [0.1, 0.15) is 10.4 Å². The van der Waals surface area contributed by atoms with Crippen molar-refractivity contribution in [1.82, 2.24) is 4.57 Å². The van der Waals surface area contributed by atoms with E-state index in [-0.39, 0.29) is 6.54 Å². The minimum atomic E-state index is -0.450. The van der Waals surface area contributed by atoms with E-state index < -0.39 is 11.9 Å². The van der Waals surface area contributed by atoms with E-state index in [0.29, 0.717) is 27.4 Å². The Bertz CT molecular complexity index is 1370. The van der Waals surface area contributed by atoms with Gasteiger partial charge in [-0.2, -0.15) is 4.99 Å². The second kappa shape index (κ2) is 8.61. The molecule has 0 saturated heterocycles. The second-order valence-electron chi connectivity index (χ2n) is 6.70. The quantitative estimate of drug-likeness (QED) is 0.445. The van der Waals surface area contributed by atoms with E-state index in [0.717, 1.165) is 15.5 Å². The summed E-state index contributed by atoms with van der Waals surface area (Å²) in [6.07, 6.45) is 0. The highest BCUT2D eigenvalue weighted by atomic mass is 32.1. The third-order valence-corrected chi connectivity index (χ3v) is 5.94. The van der Waals surface area contributed by atoms with Crippen LogP contribution in [0.25, 0.3) is 21.0 Å². The van der Waals surface area contributed by atoms with E-state index in [9.17, 15) is 9.59 Å². The van der Waals surface area contributed by atoms with Gasteiger partial charge in [0, 0.05) is 17.7 Å². The molecule has 0 N–H and O–H groups in total. The van der Waals surface area contributed by atoms with Crippen molar-refractivity contribution in [1.29, 1.82) is 0 Å². The van der Waals surface area contributed by atoms with E-state index in [2.05, 4.69) is 4.99 Å². The van der Waals surface area contributed by atoms with E-state index in [4.69, 9.17) is 14.2 Å². The summed E-state index contributed by atoms with van der Waals surface area (Å²) in [6, 6.07) is 16.8. The highest BCUT2D eigenvalue weighted by Crippen LogP contribution is 2.33. The van der Waals surface area contributed by atoms with Gasteiger partial charge in [-0.15, -0.1) is 0 Å². The number of methoxy groups -OCH3 is 3. The zero-order chi connectivity index (χ0) is 22.0. The van der Waals surface area contributed by atoms with Crippen LogP contribution in [0.3, 0.4) is 0 Å². The smallest absolute Gasteiger partial charge is 0.325 e. The Morgan fingerprint density at radius 1 is 0.935 bits per heavy atom. The molecule has 0 radical (unpaired) electrons. The first-order valence-electron chi connectivity index (χ1n) is 9.44. The molecule has 1 heterocycles. The first-order valence-corrected chi connectivity index (χ1v) is 10.3. The zero-order valence-electron chi connectivity index (χ0n) is 17.2. The van der Waals surface area contributed by atoms with Crippen molar-refractivity contribution in [3.63, 3.8) is 0 Å². The minimum Gasteiger partial charge on any atom is -0.493 e. The fourth-order valence-electron chi connectivity index (χ4n) is 3.30. The summed E-state index contributed by atoms with van der Waals surface area (Å²) in [5.74, 6) is 0.219. The van der Waals surface area contributed by atoms with Crippen molar-refractivity contribution < 1.29 is 23.8 Å². The summed E-state index contributed by atoms with van der Waals surface area (Å²) < 4.78 is 18.0. The van der Waals surface area contributed by atoms with Gasteiger partial charge in [0.2, 0.25) is 0 Å². The Hall–Kier alpha value is -3.65. The van der Waals surface area contributed by atoms with E-state index in [1.165, 1.54) is 25.6 Å². The first-order chi connectivity index (χ1) is 15.0. The van der Waals surface area contributed by atoms with Gasteiger partial charge in [0.05, 0.1) is 31.5 Å². The number of nitrogens with zero attached hydrogens (tertiary/aromatic N) is 2. The molecule has 0 unspecified atom stereocenters. The fourth-order valence-corrected chi connectivity index (χ4v) is 4.34. The Labute approximate surface area is 182 Å². The van der Waals surface area contributed by atoms with Crippen LogP contribution in [0.15, 0.2) is 59.6 Å².